The molecular weight excluding hydrogens is 330 g/mol. The standard InChI is InChI=1S/C7H3ClF2INO2/c8-5(14)3-2(6(9)10)1-12-7(11)4(3)13/h1,6,13H. The first-order valence-electron chi connectivity index (χ1n) is 3.30. The molecule has 1 N–H and O–H groups in total. The number of carbonyl (C=O) groups is 1. The quantitative estimate of drug-likeness (QED) is 0.514. The Kier molecular flexibility index (Phi) is 3.59. The van der Waals surface area contributed by atoms with Crippen LogP contribution in [0.15, 0.2) is 6.20 Å². The summed E-state index contributed by atoms with van der Waals surface area (Å²) in [5, 5.41) is 8.16. The minimum Gasteiger partial charge on any atom is -0.504 e. The molecule has 0 aromatic carbocycles. The van der Waals surface area contributed by atoms with Crippen molar-refractivity contribution in [3.63, 3.8) is 0 Å². The monoisotopic (exact) mass is 333 g/mol. The molecular formula is C7H3ClF2INO2. The summed E-state index contributed by atoms with van der Waals surface area (Å²) in [5.41, 5.74) is -1.25. The third kappa shape index (κ3) is 2.11. The molecule has 1 heterocycles. The number of aromatic nitrogens is 1. The van der Waals surface area contributed by atoms with Crippen LogP contribution in [0.1, 0.15) is 22.3 Å². The van der Waals surface area contributed by atoms with E-state index in [-0.39, 0.29) is 3.70 Å². The van der Waals surface area contributed by atoms with E-state index >= 15 is 0 Å². The molecule has 3 nitrogen and oxygen atoms in total. The Labute approximate surface area is 96.2 Å². The molecule has 0 radical (unpaired) electrons. The Morgan fingerprint density at radius 2 is 2.21 bits per heavy atom. The highest BCUT2D eigenvalue weighted by Gasteiger charge is 2.23. The van der Waals surface area contributed by atoms with Crippen LogP contribution >= 0.6 is 34.2 Å². The van der Waals surface area contributed by atoms with Crippen LogP contribution in [0.4, 0.5) is 8.78 Å². The molecule has 1 aromatic rings. The maximum Gasteiger partial charge on any atom is 0.266 e. The van der Waals surface area contributed by atoms with Crippen molar-refractivity contribution in [2.75, 3.05) is 0 Å². The molecule has 76 valence electrons. The third-order valence-corrected chi connectivity index (χ3v) is 2.45. The minimum atomic E-state index is -2.90. The first-order chi connectivity index (χ1) is 6.45. The van der Waals surface area contributed by atoms with Crippen LogP contribution < -0.4 is 0 Å². The van der Waals surface area contributed by atoms with Gasteiger partial charge in [0, 0.05) is 6.20 Å². The van der Waals surface area contributed by atoms with Gasteiger partial charge < -0.3 is 5.11 Å². The summed E-state index contributed by atoms with van der Waals surface area (Å²) in [6.45, 7) is 0. The van der Waals surface area contributed by atoms with Crippen molar-refractivity contribution in [3.05, 3.63) is 21.0 Å². The molecule has 0 amide bonds. The number of alkyl halides is 2. The normalized spacial score (nSPS) is 10.6. The summed E-state index contributed by atoms with van der Waals surface area (Å²) in [7, 11) is 0. The van der Waals surface area contributed by atoms with Gasteiger partial charge >= 0.3 is 0 Å². The highest BCUT2D eigenvalue weighted by atomic mass is 127. The fourth-order valence-electron chi connectivity index (χ4n) is 0.864. The molecule has 0 atom stereocenters. The summed E-state index contributed by atoms with van der Waals surface area (Å²) >= 11 is 6.67. The van der Waals surface area contributed by atoms with Crippen LogP contribution in [0.3, 0.4) is 0 Å². The Morgan fingerprint density at radius 3 is 2.64 bits per heavy atom. The number of carbonyl (C=O) groups excluding carboxylic acids is 1. The molecule has 0 aliphatic rings. The second-order valence-electron chi connectivity index (χ2n) is 2.30. The van der Waals surface area contributed by atoms with E-state index in [9.17, 15) is 18.7 Å². The van der Waals surface area contributed by atoms with E-state index in [1.807, 2.05) is 0 Å². The zero-order chi connectivity index (χ0) is 10.9. The van der Waals surface area contributed by atoms with Crippen molar-refractivity contribution in [2.24, 2.45) is 0 Å². The SMILES string of the molecule is O=C(Cl)c1c(C(F)F)cnc(I)c1O. The van der Waals surface area contributed by atoms with Crippen molar-refractivity contribution >= 4 is 39.4 Å². The zero-order valence-electron chi connectivity index (χ0n) is 6.47. The lowest BCUT2D eigenvalue weighted by Crippen LogP contribution is -2.02. The molecule has 0 saturated heterocycles. The van der Waals surface area contributed by atoms with Gasteiger partial charge in [0.1, 0.15) is 3.70 Å². The van der Waals surface area contributed by atoms with Gasteiger partial charge in [0.05, 0.1) is 11.1 Å². The Balaban J connectivity index is 3.45. The molecule has 0 bridgehead atoms. The number of hydrogen-bond acceptors (Lipinski definition) is 3. The van der Waals surface area contributed by atoms with Crippen LogP contribution in [0, 0.1) is 3.70 Å². The fraction of sp³-hybridized carbons (Fsp3) is 0.143. The van der Waals surface area contributed by atoms with Crippen LogP contribution in [0.5, 0.6) is 5.75 Å². The van der Waals surface area contributed by atoms with Crippen molar-refractivity contribution in [1.29, 1.82) is 0 Å². The summed E-state index contributed by atoms with van der Waals surface area (Å²) in [5.74, 6) is -0.608. The van der Waals surface area contributed by atoms with E-state index in [1.54, 1.807) is 22.6 Å². The molecule has 0 aliphatic carbocycles. The van der Waals surface area contributed by atoms with Crippen LogP contribution in [-0.2, 0) is 0 Å². The minimum absolute atomic E-state index is 0.0519. The number of pyridine rings is 1. The topological polar surface area (TPSA) is 50.2 Å². The fourth-order valence-corrected chi connectivity index (χ4v) is 1.47. The van der Waals surface area contributed by atoms with E-state index in [2.05, 4.69) is 4.98 Å². The van der Waals surface area contributed by atoms with Gasteiger partial charge in [-0.1, -0.05) is 0 Å². The van der Waals surface area contributed by atoms with E-state index in [0.29, 0.717) is 0 Å². The molecule has 1 aromatic heterocycles. The summed E-state index contributed by atoms with van der Waals surface area (Å²) in [6.07, 6.45) is -2.08. The summed E-state index contributed by atoms with van der Waals surface area (Å²) in [6, 6.07) is 0. The number of aromatic hydroxyl groups is 1. The second kappa shape index (κ2) is 4.35. The predicted octanol–water partition coefficient (Wildman–Crippen LogP) is 2.71. The molecule has 0 spiro atoms. The van der Waals surface area contributed by atoms with Crippen LogP contribution in [-0.4, -0.2) is 15.3 Å². The largest absolute Gasteiger partial charge is 0.504 e. The smallest absolute Gasteiger partial charge is 0.266 e. The number of rotatable bonds is 2. The van der Waals surface area contributed by atoms with E-state index < -0.39 is 28.5 Å². The molecule has 1 rings (SSSR count). The molecule has 14 heavy (non-hydrogen) atoms. The molecule has 7 heteroatoms. The van der Waals surface area contributed by atoms with Crippen molar-refractivity contribution in [1.82, 2.24) is 4.98 Å². The summed E-state index contributed by atoms with van der Waals surface area (Å²) in [4.78, 5) is 14.3. The van der Waals surface area contributed by atoms with Gasteiger partial charge in [-0.25, -0.2) is 13.8 Å². The third-order valence-electron chi connectivity index (χ3n) is 1.47. The first-order valence-corrected chi connectivity index (χ1v) is 4.76. The second-order valence-corrected chi connectivity index (χ2v) is 3.67. The number of nitrogens with zero attached hydrogens (tertiary/aromatic N) is 1. The van der Waals surface area contributed by atoms with Gasteiger partial charge in [-0.15, -0.1) is 0 Å². The van der Waals surface area contributed by atoms with Crippen molar-refractivity contribution < 1.29 is 18.7 Å². The molecule has 0 fully saturated rings. The van der Waals surface area contributed by atoms with Gasteiger partial charge in [0.2, 0.25) is 0 Å². The average Bonchev–Trinajstić information content (AvgIpc) is 2.08. The van der Waals surface area contributed by atoms with Gasteiger partial charge in [0.25, 0.3) is 11.7 Å². The van der Waals surface area contributed by atoms with Gasteiger partial charge in [0.15, 0.2) is 5.75 Å². The molecule has 0 aliphatic heterocycles. The highest BCUT2D eigenvalue weighted by molar-refractivity contribution is 14.1. The van der Waals surface area contributed by atoms with Gasteiger partial charge in [-0.3, -0.25) is 4.79 Å². The van der Waals surface area contributed by atoms with Gasteiger partial charge in [-0.2, -0.15) is 0 Å². The maximum absolute atomic E-state index is 12.3. The molecule has 0 unspecified atom stereocenters. The van der Waals surface area contributed by atoms with E-state index in [4.69, 9.17) is 11.6 Å². The lowest BCUT2D eigenvalue weighted by Gasteiger charge is -2.07. The predicted molar refractivity (Wildman–Crippen MR) is 53.8 cm³/mol. The van der Waals surface area contributed by atoms with Crippen LogP contribution in [0.2, 0.25) is 0 Å². The Bertz CT molecular complexity index is 386. The molecule has 0 saturated carbocycles. The zero-order valence-corrected chi connectivity index (χ0v) is 9.38. The lowest BCUT2D eigenvalue weighted by molar-refractivity contribution is 0.106. The van der Waals surface area contributed by atoms with Gasteiger partial charge in [-0.05, 0) is 34.2 Å². The van der Waals surface area contributed by atoms with E-state index in [1.165, 1.54) is 0 Å². The number of hydrogen-bond donors (Lipinski definition) is 1. The van der Waals surface area contributed by atoms with E-state index in [0.717, 1.165) is 6.20 Å². The number of halogens is 4. The highest BCUT2D eigenvalue weighted by Crippen LogP contribution is 2.32. The van der Waals surface area contributed by atoms with Crippen LogP contribution in [0.25, 0.3) is 0 Å². The lowest BCUT2D eigenvalue weighted by atomic mass is 10.1. The maximum atomic E-state index is 12.3. The summed E-state index contributed by atoms with van der Waals surface area (Å²) < 4.78 is 24.7. The van der Waals surface area contributed by atoms with Crippen molar-refractivity contribution in [3.8, 4) is 5.75 Å². The average molecular weight is 333 g/mol. The Hall–Kier alpha value is -0.500. The first kappa shape index (κ1) is 11.6. The Morgan fingerprint density at radius 1 is 1.64 bits per heavy atom. The van der Waals surface area contributed by atoms with Crippen molar-refractivity contribution in [2.45, 2.75) is 6.43 Å².